The number of ether oxygens (including phenoxy) is 2. The van der Waals surface area contributed by atoms with Crippen LogP contribution >= 0.6 is 35.3 Å². The van der Waals surface area contributed by atoms with E-state index in [1.54, 1.807) is 11.8 Å². The molecule has 228 valence electrons. The number of carbonyl (C=O) groups is 3. The summed E-state index contributed by atoms with van der Waals surface area (Å²) in [7, 11) is 0. The lowest BCUT2D eigenvalue weighted by Gasteiger charge is -2.30. The maximum atomic E-state index is 13.0. The number of anilines is 3. The van der Waals surface area contributed by atoms with Gasteiger partial charge in [0.1, 0.15) is 10.6 Å². The fraction of sp³-hybridized carbons (Fsp3) is 0.355. The summed E-state index contributed by atoms with van der Waals surface area (Å²) >= 11 is 8.11. The van der Waals surface area contributed by atoms with E-state index < -0.39 is 17.7 Å². The van der Waals surface area contributed by atoms with Crippen LogP contribution in [0.25, 0.3) is 0 Å². The van der Waals surface area contributed by atoms with E-state index in [2.05, 4.69) is 16.0 Å². The van der Waals surface area contributed by atoms with Gasteiger partial charge in [-0.1, -0.05) is 23.8 Å². The molecule has 0 saturated carbocycles. The molecule has 43 heavy (non-hydrogen) atoms. The third-order valence-corrected chi connectivity index (χ3v) is 8.54. The third-order valence-electron chi connectivity index (χ3n) is 6.21. The molecule has 0 saturated heterocycles. The first kappa shape index (κ1) is 32.3. The average molecular weight is 641 g/mol. The Morgan fingerprint density at radius 1 is 1.05 bits per heavy atom. The third kappa shape index (κ3) is 9.19. The topological polar surface area (TPSA) is 109 Å². The molecule has 2 amide bonds. The predicted molar refractivity (Wildman–Crippen MR) is 177 cm³/mol. The van der Waals surface area contributed by atoms with E-state index >= 15 is 0 Å². The fourth-order valence-electron chi connectivity index (χ4n) is 4.30. The SMILES string of the molecule is CCOC(=O)c1c(NC(=O)CSc2cccc(NC(=S)Nc3ccc(C)cc3)c2)sc2c1CCN(C(=O)OC(C)(C)C)C2. The minimum atomic E-state index is -0.612. The molecule has 4 rings (SSSR count). The molecule has 0 atom stereocenters. The zero-order valence-corrected chi connectivity index (χ0v) is 27.3. The van der Waals surface area contributed by atoms with Crippen molar-refractivity contribution in [3.63, 3.8) is 0 Å². The van der Waals surface area contributed by atoms with Gasteiger partial charge in [0.15, 0.2) is 5.11 Å². The molecular formula is C31H36N4O5S3. The van der Waals surface area contributed by atoms with E-state index in [4.69, 9.17) is 21.7 Å². The van der Waals surface area contributed by atoms with Crippen molar-refractivity contribution in [2.24, 2.45) is 0 Å². The predicted octanol–water partition coefficient (Wildman–Crippen LogP) is 7.07. The highest BCUT2D eigenvalue weighted by Crippen LogP contribution is 2.38. The van der Waals surface area contributed by atoms with Gasteiger partial charge in [0.2, 0.25) is 5.91 Å². The van der Waals surface area contributed by atoms with Crippen molar-refractivity contribution in [1.82, 2.24) is 4.90 Å². The number of fused-ring (bicyclic) bond motifs is 1. The number of hydrogen-bond donors (Lipinski definition) is 3. The summed E-state index contributed by atoms with van der Waals surface area (Å²) in [6.07, 6.45) is 0.0548. The van der Waals surface area contributed by atoms with E-state index in [9.17, 15) is 14.4 Å². The Kier molecular flexibility index (Phi) is 10.7. The molecule has 3 aromatic rings. The fourth-order valence-corrected chi connectivity index (χ4v) is 6.56. The summed E-state index contributed by atoms with van der Waals surface area (Å²) in [5, 5.41) is 10.1. The van der Waals surface area contributed by atoms with Crippen LogP contribution in [0.4, 0.5) is 21.2 Å². The van der Waals surface area contributed by atoms with Crippen LogP contribution in [-0.4, -0.2) is 52.5 Å². The number of benzene rings is 2. The van der Waals surface area contributed by atoms with E-state index in [0.717, 1.165) is 26.7 Å². The van der Waals surface area contributed by atoms with Gasteiger partial charge in [-0.3, -0.25) is 4.79 Å². The lowest BCUT2D eigenvalue weighted by molar-refractivity contribution is -0.113. The highest BCUT2D eigenvalue weighted by Gasteiger charge is 2.32. The summed E-state index contributed by atoms with van der Waals surface area (Å²) in [6, 6.07) is 15.6. The minimum absolute atomic E-state index is 0.129. The van der Waals surface area contributed by atoms with Crippen LogP contribution in [0.1, 0.15) is 54.1 Å². The molecule has 1 aliphatic rings. The smallest absolute Gasteiger partial charge is 0.410 e. The second kappa shape index (κ2) is 14.2. The van der Waals surface area contributed by atoms with E-state index in [1.165, 1.54) is 28.7 Å². The first-order chi connectivity index (χ1) is 20.4. The Hall–Kier alpha value is -3.61. The number of esters is 1. The Balaban J connectivity index is 1.39. The summed E-state index contributed by atoms with van der Waals surface area (Å²) < 4.78 is 10.8. The second-order valence-corrected chi connectivity index (χ2v) is 13.5. The van der Waals surface area contributed by atoms with Crippen molar-refractivity contribution >= 4 is 74.8 Å². The Morgan fingerprint density at radius 2 is 1.77 bits per heavy atom. The molecule has 0 radical (unpaired) electrons. The Labute approximate surface area is 265 Å². The van der Waals surface area contributed by atoms with Gasteiger partial charge in [0, 0.05) is 27.7 Å². The van der Waals surface area contributed by atoms with Crippen molar-refractivity contribution < 1.29 is 23.9 Å². The van der Waals surface area contributed by atoms with Crippen LogP contribution in [0.2, 0.25) is 0 Å². The highest BCUT2D eigenvalue weighted by molar-refractivity contribution is 8.00. The average Bonchev–Trinajstić information content (AvgIpc) is 3.29. The van der Waals surface area contributed by atoms with Gasteiger partial charge < -0.3 is 30.3 Å². The van der Waals surface area contributed by atoms with Gasteiger partial charge in [-0.2, -0.15) is 0 Å². The van der Waals surface area contributed by atoms with Crippen LogP contribution in [0.15, 0.2) is 53.4 Å². The first-order valence-corrected chi connectivity index (χ1v) is 16.1. The van der Waals surface area contributed by atoms with E-state index in [-0.39, 0.29) is 18.3 Å². The maximum absolute atomic E-state index is 13.0. The van der Waals surface area contributed by atoms with Crippen LogP contribution in [0.3, 0.4) is 0 Å². The van der Waals surface area contributed by atoms with Crippen LogP contribution in [0.5, 0.6) is 0 Å². The lowest BCUT2D eigenvalue weighted by atomic mass is 10.0. The summed E-state index contributed by atoms with van der Waals surface area (Å²) in [5.41, 5.74) is 3.41. The number of hydrogen-bond acceptors (Lipinski definition) is 8. The summed E-state index contributed by atoms with van der Waals surface area (Å²) in [6.45, 7) is 10.1. The van der Waals surface area contributed by atoms with Gasteiger partial charge >= 0.3 is 12.1 Å². The van der Waals surface area contributed by atoms with E-state index in [0.29, 0.717) is 35.2 Å². The number of thiocarbonyl (C=S) groups is 1. The highest BCUT2D eigenvalue weighted by atomic mass is 32.2. The molecule has 0 aliphatic carbocycles. The number of rotatable bonds is 8. The van der Waals surface area contributed by atoms with Crippen molar-refractivity contribution in [3.8, 4) is 0 Å². The number of thioether (sulfide) groups is 1. The monoisotopic (exact) mass is 640 g/mol. The molecule has 3 N–H and O–H groups in total. The quantitative estimate of drug-likeness (QED) is 0.135. The van der Waals surface area contributed by atoms with Crippen molar-refractivity contribution in [1.29, 1.82) is 0 Å². The van der Waals surface area contributed by atoms with Gasteiger partial charge in [0.05, 0.1) is 24.5 Å². The lowest BCUT2D eigenvalue weighted by Crippen LogP contribution is -2.39. The molecule has 0 unspecified atom stereocenters. The van der Waals surface area contributed by atoms with Crippen LogP contribution < -0.4 is 16.0 Å². The van der Waals surface area contributed by atoms with E-state index in [1.807, 2.05) is 76.2 Å². The number of carbonyl (C=O) groups excluding carboxylic acids is 3. The van der Waals surface area contributed by atoms with Crippen LogP contribution in [0, 0.1) is 6.92 Å². The number of nitrogens with zero attached hydrogens (tertiary/aromatic N) is 1. The normalized spacial score (nSPS) is 12.6. The standard InChI is InChI=1S/C31H36N4O5S3/c1-6-39-28(37)26-23-14-15-35(30(38)40-31(3,4)5)17-24(23)43-27(26)34-25(36)18-42-22-9-7-8-21(16-22)33-29(41)32-20-12-10-19(2)11-13-20/h7-13,16H,6,14-15,17-18H2,1-5H3,(H,34,36)(H2,32,33,41). The molecule has 2 heterocycles. The van der Waals surface area contributed by atoms with Crippen molar-refractivity contribution in [3.05, 3.63) is 70.1 Å². The second-order valence-electron chi connectivity index (χ2n) is 10.9. The maximum Gasteiger partial charge on any atom is 0.410 e. The molecule has 2 aromatic carbocycles. The number of amides is 2. The molecule has 12 heteroatoms. The van der Waals surface area contributed by atoms with Crippen LogP contribution in [-0.2, 0) is 27.2 Å². The first-order valence-electron chi connectivity index (χ1n) is 13.9. The number of nitrogens with one attached hydrogen (secondary N) is 3. The molecule has 9 nitrogen and oxygen atoms in total. The summed E-state index contributed by atoms with van der Waals surface area (Å²) in [4.78, 5) is 41.9. The molecule has 1 aliphatic heterocycles. The van der Waals surface area contributed by atoms with Gasteiger partial charge in [0.25, 0.3) is 0 Å². The minimum Gasteiger partial charge on any atom is -0.462 e. The largest absolute Gasteiger partial charge is 0.462 e. The molecule has 1 aromatic heterocycles. The molecule has 0 bridgehead atoms. The molecular weight excluding hydrogens is 605 g/mol. The molecule has 0 spiro atoms. The zero-order valence-electron chi connectivity index (χ0n) is 24.9. The number of aryl methyl sites for hydroxylation is 1. The van der Waals surface area contributed by atoms with Gasteiger partial charge in [-0.25, -0.2) is 9.59 Å². The van der Waals surface area contributed by atoms with Crippen molar-refractivity contribution in [2.45, 2.75) is 58.1 Å². The summed E-state index contributed by atoms with van der Waals surface area (Å²) in [5.74, 6) is -0.611. The number of thiophene rings is 1. The van der Waals surface area contributed by atoms with Gasteiger partial charge in [-0.05, 0) is 89.2 Å². The van der Waals surface area contributed by atoms with Crippen molar-refractivity contribution in [2.75, 3.05) is 34.9 Å². The van der Waals surface area contributed by atoms with Gasteiger partial charge in [-0.15, -0.1) is 23.1 Å². The zero-order chi connectivity index (χ0) is 31.1. The molecule has 0 fully saturated rings. The Morgan fingerprint density at radius 3 is 2.47 bits per heavy atom. The Bertz CT molecular complexity index is 1500.